The van der Waals surface area contributed by atoms with Crippen molar-refractivity contribution in [2.24, 2.45) is 0 Å². The number of hydrogen-bond donors (Lipinski definition) is 1. The molecule has 22 heavy (non-hydrogen) atoms. The molecule has 0 spiro atoms. The van der Waals surface area contributed by atoms with Crippen LogP contribution in [0, 0.1) is 0 Å². The molecular weight excluding hydrogens is 316 g/mol. The Balaban J connectivity index is 1.70. The molecule has 0 radical (unpaired) electrons. The summed E-state index contributed by atoms with van der Waals surface area (Å²) in [6.45, 7) is 0. The van der Waals surface area contributed by atoms with Crippen molar-refractivity contribution >= 4 is 38.7 Å². The lowest BCUT2D eigenvalue weighted by atomic mass is 10.2. The van der Waals surface area contributed by atoms with Crippen LogP contribution in [0.4, 0.5) is 5.13 Å². The maximum absolute atomic E-state index is 12.3. The molecule has 0 atom stereocenters. The van der Waals surface area contributed by atoms with Gasteiger partial charge in [-0.2, -0.15) is 0 Å². The van der Waals surface area contributed by atoms with Gasteiger partial charge in [-0.3, -0.25) is 14.5 Å². The third-order valence-corrected chi connectivity index (χ3v) is 4.69. The van der Waals surface area contributed by atoms with Gasteiger partial charge in [0.15, 0.2) is 10.1 Å². The zero-order chi connectivity index (χ0) is 14.9. The summed E-state index contributed by atoms with van der Waals surface area (Å²) in [4.78, 5) is 21.8. The van der Waals surface area contributed by atoms with Crippen LogP contribution >= 0.6 is 22.7 Å². The number of benzene rings is 1. The summed E-state index contributed by atoms with van der Waals surface area (Å²) < 4.78 is 1.82. The topological polar surface area (TPSA) is 59.3 Å². The van der Waals surface area contributed by atoms with Gasteiger partial charge in [-0.1, -0.05) is 30.3 Å². The number of thiazole rings is 2. The first-order chi connectivity index (χ1) is 10.8. The Morgan fingerprint density at radius 2 is 2.05 bits per heavy atom. The molecule has 0 aliphatic carbocycles. The molecule has 1 aromatic carbocycles. The van der Waals surface area contributed by atoms with E-state index in [0.717, 1.165) is 16.2 Å². The second-order valence-electron chi connectivity index (χ2n) is 4.56. The fraction of sp³-hybridized carbons (Fsp3) is 0. The monoisotopic (exact) mass is 326 g/mol. The summed E-state index contributed by atoms with van der Waals surface area (Å²) in [7, 11) is 0. The van der Waals surface area contributed by atoms with Crippen molar-refractivity contribution in [2.45, 2.75) is 0 Å². The van der Waals surface area contributed by atoms with Gasteiger partial charge >= 0.3 is 0 Å². The lowest BCUT2D eigenvalue weighted by molar-refractivity contribution is 0.102. The first kappa shape index (κ1) is 13.2. The molecular formula is C15H10N4OS2. The molecule has 0 bridgehead atoms. The van der Waals surface area contributed by atoms with Crippen LogP contribution < -0.4 is 5.32 Å². The summed E-state index contributed by atoms with van der Waals surface area (Å²) >= 11 is 2.84. The minimum absolute atomic E-state index is 0.182. The fourth-order valence-electron chi connectivity index (χ4n) is 2.14. The van der Waals surface area contributed by atoms with Gasteiger partial charge in [0.1, 0.15) is 5.69 Å². The molecule has 108 valence electrons. The maximum Gasteiger partial charge on any atom is 0.275 e. The summed E-state index contributed by atoms with van der Waals surface area (Å²) in [5.74, 6) is -0.182. The van der Waals surface area contributed by atoms with Crippen molar-refractivity contribution in [3.05, 3.63) is 59.2 Å². The van der Waals surface area contributed by atoms with Gasteiger partial charge in [0.25, 0.3) is 5.91 Å². The first-order valence-corrected chi connectivity index (χ1v) is 8.30. The number of rotatable bonds is 3. The van der Waals surface area contributed by atoms with E-state index in [1.165, 1.54) is 22.7 Å². The standard InChI is InChI=1S/C15H10N4OS2/c20-13(18-14-16-6-7-21-14)12-9-22-15-17-11(8-19(12)15)10-4-2-1-3-5-10/h1-9H,(H,16,18,20). The van der Waals surface area contributed by atoms with Crippen molar-refractivity contribution in [2.75, 3.05) is 5.32 Å². The molecule has 4 rings (SSSR count). The molecule has 0 saturated carbocycles. The van der Waals surface area contributed by atoms with Gasteiger partial charge < -0.3 is 0 Å². The number of anilines is 1. The second kappa shape index (κ2) is 5.36. The van der Waals surface area contributed by atoms with Crippen LogP contribution in [0.5, 0.6) is 0 Å². The SMILES string of the molecule is O=C(Nc1nccs1)c1csc2nc(-c3ccccc3)cn12. The number of imidazole rings is 1. The zero-order valence-electron chi connectivity index (χ0n) is 11.3. The molecule has 0 unspecified atom stereocenters. The molecule has 7 heteroatoms. The quantitative estimate of drug-likeness (QED) is 0.623. The molecule has 0 aliphatic rings. The predicted octanol–water partition coefficient (Wildman–Crippen LogP) is 3.77. The van der Waals surface area contributed by atoms with Crippen LogP contribution in [0.15, 0.2) is 53.5 Å². The van der Waals surface area contributed by atoms with Crippen LogP contribution in [-0.2, 0) is 0 Å². The maximum atomic E-state index is 12.3. The van der Waals surface area contributed by atoms with Crippen molar-refractivity contribution in [3.63, 3.8) is 0 Å². The van der Waals surface area contributed by atoms with Gasteiger partial charge in [0.05, 0.1) is 5.69 Å². The largest absolute Gasteiger partial charge is 0.297 e. The molecule has 0 fully saturated rings. The Morgan fingerprint density at radius 1 is 1.18 bits per heavy atom. The Kier molecular flexibility index (Phi) is 3.21. The summed E-state index contributed by atoms with van der Waals surface area (Å²) in [5, 5.41) is 7.01. The van der Waals surface area contributed by atoms with E-state index in [1.54, 1.807) is 11.6 Å². The third-order valence-electron chi connectivity index (χ3n) is 3.16. The Morgan fingerprint density at radius 3 is 2.82 bits per heavy atom. The average Bonchev–Trinajstić information content (AvgIpc) is 3.24. The Hall–Kier alpha value is -2.51. The number of aromatic nitrogens is 3. The van der Waals surface area contributed by atoms with E-state index in [9.17, 15) is 4.79 Å². The highest BCUT2D eigenvalue weighted by molar-refractivity contribution is 7.15. The predicted molar refractivity (Wildman–Crippen MR) is 88.6 cm³/mol. The van der Waals surface area contributed by atoms with Gasteiger partial charge in [-0.05, 0) is 0 Å². The van der Waals surface area contributed by atoms with Crippen LogP contribution in [0.1, 0.15) is 10.5 Å². The number of nitrogens with one attached hydrogen (secondary N) is 1. The smallest absolute Gasteiger partial charge is 0.275 e. The van der Waals surface area contributed by atoms with Crippen molar-refractivity contribution in [3.8, 4) is 11.3 Å². The van der Waals surface area contributed by atoms with E-state index in [4.69, 9.17) is 0 Å². The van der Waals surface area contributed by atoms with Crippen molar-refractivity contribution < 1.29 is 4.79 Å². The summed E-state index contributed by atoms with van der Waals surface area (Å²) in [6, 6.07) is 9.91. The van der Waals surface area contributed by atoms with E-state index >= 15 is 0 Å². The fourth-order valence-corrected chi connectivity index (χ4v) is 3.52. The molecule has 3 heterocycles. The number of fused-ring (bicyclic) bond motifs is 1. The van der Waals surface area contributed by atoms with Crippen LogP contribution in [0.2, 0.25) is 0 Å². The highest BCUT2D eigenvalue weighted by Crippen LogP contribution is 2.24. The Labute approximate surface area is 133 Å². The minimum Gasteiger partial charge on any atom is -0.297 e. The number of carbonyl (C=O) groups excluding carboxylic acids is 1. The van der Waals surface area contributed by atoms with E-state index < -0.39 is 0 Å². The van der Waals surface area contributed by atoms with E-state index in [-0.39, 0.29) is 5.91 Å². The number of nitrogens with zero attached hydrogens (tertiary/aromatic N) is 3. The minimum atomic E-state index is -0.182. The molecule has 0 saturated heterocycles. The number of hydrogen-bond acceptors (Lipinski definition) is 5. The lowest BCUT2D eigenvalue weighted by Gasteiger charge is -1.99. The molecule has 1 amide bonds. The van der Waals surface area contributed by atoms with Crippen molar-refractivity contribution in [1.29, 1.82) is 0 Å². The van der Waals surface area contributed by atoms with Crippen LogP contribution in [0.3, 0.4) is 0 Å². The molecule has 1 N–H and O–H groups in total. The summed E-state index contributed by atoms with van der Waals surface area (Å²) in [6.07, 6.45) is 3.55. The molecule has 0 aliphatic heterocycles. The average molecular weight is 326 g/mol. The molecule has 5 nitrogen and oxygen atoms in total. The van der Waals surface area contributed by atoms with Gasteiger partial charge in [-0.15, -0.1) is 22.7 Å². The highest BCUT2D eigenvalue weighted by atomic mass is 32.1. The normalized spacial score (nSPS) is 10.9. The third kappa shape index (κ3) is 2.30. The van der Waals surface area contributed by atoms with Gasteiger partial charge in [0, 0.05) is 28.7 Å². The van der Waals surface area contributed by atoms with Crippen LogP contribution in [-0.4, -0.2) is 20.3 Å². The van der Waals surface area contributed by atoms with E-state index in [2.05, 4.69) is 15.3 Å². The van der Waals surface area contributed by atoms with Crippen molar-refractivity contribution in [1.82, 2.24) is 14.4 Å². The lowest BCUT2D eigenvalue weighted by Crippen LogP contribution is -2.13. The van der Waals surface area contributed by atoms with Gasteiger partial charge in [0.2, 0.25) is 0 Å². The number of amides is 1. The van der Waals surface area contributed by atoms with E-state index in [1.807, 2.05) is 46.3 Å². The summed E-state index contributed by atoms with van der Waals surface area (Å²) in [5.41, 5.74) is 2.45. The highest BCUT2D eigenvalue weighted by Gasteiger charge is 2.15. The van der Waals surface area contributed by atoms with Gasteiger partial charge in [-0.25, -0.2) is 9.97 Å². The van der Waals surface area contributed by atoms with E-state index in [0.29, 0.717) is 10.8 Å². The second-order valence-corrected chi connectivity index (χ2v) is 6.29. The van der Waals surface area contributed by atoms with Crippen LogP contribution in [0.25, 0.3) is 16.2 Å². The molecule has 3 aromatic heterocycles. The first-order valence-electron chi connectivity index (χ1n) is 6.54. The Bertz CT molecular complexity index is 925. The zero-order valence-corrected chi connectivity index (χ0v) is 12.9. The molecule has 4 aromatic rings. The number of carbonyl (C=O) groups is 1.